The number of guanidine groups is 1. The maximum Gasteiger partial charge on any atom is 0.194 e. The Morgan fingerprint density at radius 2 is 2.06 bits per heavy atom. The predicted molar refractivity (Wildman–Crippen MR) is 72.2 cm³/mol. The lowest BCUT2D eigenvalue weighted by molar-refractivity contribution is 0.353. The van der Waals surface area contributed by atoms with Crippen molar-refractivity contribution in [1.29, 1.82) is 0 Å². The Hall–Kier alpha value is -0.770. The van der Waals surface area contributed by atoms with Crippen molar-refractivity contribution >= 4 is 5.96 Å². The van der Waals surface area contributed by atoms with Gasteiger partial charge in [-0.25, -0.2) is 4.99 Å². The average molecular weight is 238 g/mol. The lowest BCUT2D eigenvalue weighted by Crippen LogP contribution is -2.48. The van der Waals surface area contributed by atoms with Gasteiger partial charge in [0.25, 0.3) is 0 Å². The van der Waals surface area contributed by atoms with E-state index in [4.69, 9.17) is 10.7 Å². The van der Waals surface area contributed by atoms with Crippen molar-refractivity contribution in [3.63, 3.8) is 0 Å². The van der Waals surface area contributed by atoms with Gasteiger partial charge in [0.1, 0.15) is 0 Å². The third kappa shape index (κ3) is 3.87. The molecule has 2 fully saturated rings. The third-order valence-corrected chi connectivity index (χ3v) is 3.70. The van der Waals surface area contributed by atoms with Crippen molar-refractivity contribution in [3.8, 4) is 0 Å². The molecule has 0 bridgehead atoms. The van der Waals surface area contributed by atoms with Crippen LogP contribution in [0, 0.1) is 0 Å². The first-order valence-electron chi connectivity index (χ1n) is 7.17. The molecular formula is C13H26N4. The zero-order chi connectivity index (χ0) is 11.9. The van der Waals surface area contributed by atoms with Crippen LogP contribution >= 0.6 is 0 Å². The van der Waals surface area contributed by atoms with E-state index in [0.29, 0.717) is 6.04 Å². The van der Waals surface area contributed by atoms with E-state index in [1.807, 2.05) is 0 Å². The molecule has 1 aliphatic carbocycles. The molecule has 0 aromatic heterocycles. The lowest BCUT2D eigenvalue weighted by Gasteiger charge is -2.32. The van der Waals surface area contributed by atoms with Crippen LogP contribution in [-0.4, -0.2) is 43.1 Å². The van der Waals surface area contributed by atoms with Gasteiger partial charge in [0, 0.05) is 19.6 Å². The molecule has 0 spiro atoms. The van der Waals surface area contributed by atoms with Crippen molar-refractivity contribution in [2.75, 3.05) is 26.2 Å². The van der Waals surface area contributed by atoms with Crippen molar-refractivity contribution in [2.24, 2.45) is 10.7 Å². The van der Waals surface area contributed by atoms with Crippen LogP contribution in [0.3, 0.4) is 0 Å². The van der Waals surface area contributed by atoms with Gasteiger partial charge in [-0.2, -0.15) is 0 Å². The van der Waals surface area contributed by atoms with Crippen LogP contribution in [0.4, 0.5) is 0 Å². The minimum atomic E-state index is 0.560. The molecule has 98 valence electrons. The Labute approximate surface area is 105 Å². The summed E-state index contributed by atoms with van der Waals surface area (Å²) in [5.74, 6) is 1.14. The third-order valence-electron chi connectivity index (χ3n) is 3.70. The molecule has 2 rings (SSSR count). The van der Waals surface area contributed by atoms with Gasteiger partial charge in [0.05, 0.1) is 6.04 Å². The zero-order valence-corrected chi connectivity index (χ0v) is 10.8. The second-order valence-corrected chi connectivity index (χ2v) is 5.15. The number of hydrogen-bond acceptors (Lipinski definition) is 2. The average Bonchev–Trinajstić information content (AvgIpc) is 2.39. The van der Waals surface area contributed by atoms with E-state index < -0.39 is 0 Å². The first-order valence-corrected chi connectivity index (χ1v) is 7.17. The summed E-state index contributed by atoms with van der Waals surface area (Å²) in [7, 11) is 0. The number of aliphatic imine (C=N–C) groups is 1. The van der Waals surface area contributed by atoms with Gasteiger partial charge >= 0.3 is 0 Å². The molecule has 0 unspecified atom stereocenters. The molecule has 0 atom stereocenters. The highest BCUT2D eigenvalue weighted by molar-refractivity contribution is 5.80. The fraction of sp³-hybridized carbons (Fsp3) is 0.923. The van der Waals surface area contributed by atoms with E-state index >= 15 is 0 Å². The summed E-state index contributed by atoms with van der Waals surface area (Å²) < 4.78 is 0. The van der Waals surface area contributed by atoms with Crippen LogP contribution < -0.4 is 11.1 Å². The van der Waals surface area contributed by atoms with Crippen LogP contribution in [0.5, 0.6) is 0 Å². The molecular weight excluding hydrogens is 212 g/mol. The summed E-state index contributed by atoms with van der Waals surface area (Å²) in [6.45, 7) is 4.03. The molecule has 1 saturated heterocycles. The lowest BCUT2D eigenvalue weighted by atomic mass is 9.96. The minimum absolute atomic E-state index is 0.560. The van der Waals surface area contributed by atoms with Gasteiger partial charge < -0.3 is 16.0 Å². The van der Waals surface area contributed by atoms with E-state index in [0.717, 1.165) is 38.6 Å². The Balaban J connectivity index is 1.91. The van der Waals surface area contributed by atoms with Gasteiger partial charge in [0.15, 0.2) is 5.96 Å². The van der Waals surface area contributed by atoms with Gasteiger partial charge in [-0.15, -0.1) is 0 Å². The first kappa shape index (κ1) is 12.7. The normalized spacial score (nSPS) is 25.0. The van der Waals surface area contributed by atoms with Crippen LogP contribution in [0.15, 0.2) is 4.99 Å². The molecule has 1 heterocycles. The van der Waals surface area contributed by atoms with Gasteiger partial charge in [-0.05, 0) is 32.2 Å². The van der Waals surface area contributed by atoms with Gasteiger partial charge in [-0.3, -0.25) is 0 Å². The molecule has 3 N–H and O–H groups in total. The summed E-state index contributed by atoms with van der Waals surface area (Å²) in [6, 6.07) is 0.560. The van der Waals surface area contributed by atoms with Gasteiger partial charge in [0.2, 0.25) is 0 Å². The van der Waals surface area contributed by atoms with E-state index in [1.54, 1.807) is 0 Å². The Morgan fingerprint density at radius 3 is 2.82 bits per heavy atom. The minimum Gasteiger partial charge on any atom is -0.356 e. The second-order valence-electron chi connectivity index (χ2n) is 5.15. The van der Waals surface area contributed by atoms with E-state index in [1.165, 1.54) is 38.5 Å². The van der Waals surface area contributed by atoms with Crippen LogP contribution in [0.1, 0.15) is 44.9 Å². The maximum atomic E-state index is 5.59. The Kier molecular flexibility index (Phi) is 5.10. The fourth-order valence-electron chi connectivity index (χ4n) is 2.70. The van der Waals surface area contributed by atoms with Crippen molar-refractivity contribution < 1.29 is 0 Å². The molecule has 1 saturated carbocycles. The number of nitrogens with two attached hydrogens (primary N) is 1. The number of nitrogens with zero attached hydrogens (tertiary/aromatic N) is 2. The molecule has 4 nitrogen and oxygen atoms in total. The predicted octanol–water partition coefficient (Wildman–Crippen LogP) is 1.32. The number of rotatable bonds is 4. The van der Waals surface area contributed by atoms with Crippen LogP contribution in [-0.2, 0) is 0 Å². The zero-order valence-electron chi connectivity index (χ0n) is 10.8. The summed E-state index contributed by atoms with van der Waals surface area (Å²) >= 11 is 0. The van der Waals surface area contributed by atoms with E-state index in [9.17, 15) is 0 Å². The molecule has 1 aliphatic heterocycles. The molecule has 0 aromatic rings. The highest BCUT2D eigenvalue weighted by Gasteiger charge is 2.18. The Bertz CT molecular complexity index is 246. The first-order chi connectivity index (χ1) is 8.40. The van der Waals surface area contributed by atoms with Crippen molar-refractivity contribution in [1.82, 2.24) is 10.2 Å². The summed E-state index contributed by atoms with van der Waals surface area (Å²) in [6.07, 6.45) is 8.92. The molecule has 0 amide bonds. The number of hydrogen-bond donors (Lipinski definition) is 2. The van der Waals surface area contributed by atoms with Gasteiger partial charge in [-0.1, -0.05) is 19.3 Å². The van der Waals surface area contributed by atoms with Crippen molar-refractivity contribution in [3.05, 3.63) is 0 Å². The smallest absolute Gasteiger partial charge is 0.194 e. The molecule has 2 aliphatic rings. The van der Waals surface area contributed by atoms with E-state index in [2.05, 4.69) is 10.2 Å². The summed E-state index contributed by atoms with van der Waals surface area (Å²) in [5, 5.41) is 3.46. The standard InChI is InChI=1S/C13H26N4/c14-8-4-10-17-11-5-9-15-13(17)16-12-6-2-1-3-7-12/h12H,1-11,14H2,(H,15,16). The van der Waals surface area contributed by atoms with Crippen molar-refractivity contribution in [2.45, 2.75) is 51.0 Å². The van der Waals surface area contributed by atoms with E-state index in [-0.39, 0.29) is 0 Å². The maximum absolute atomic E-state index is 5.59. The quantitative estimate of drug-likeness (QED) is 0.776. The number of nitrogens with one attached hydrogen (secondary N) is 1. The molecule has 0 radical (unpaired) electrons. The fourth-order valence-corrected chi connectivity index (χ4v) is 2.70. The van der Waals surface area contributed by atoms with Crippen LogP contribution in [0.2, 0.25) is 0 Å². The monoisotopic (exact) mass is 238 g/mol. The van der Waals surface area contributed by atoms with Crippen LogP contribution in [0.25, 0.3) is 0 Å². The summed E-state index contributed by atoms with van der Waals surface area (Å²) in [5.41, 5.74) is 5.59. The highest BCUT2D eigenvalue weighted by Crippen LogP contribution is 2.20. The Morgan fingerprint density at radius 1 is 1.24 bits per heavy atom. The molecule has 4 heteroatoms. The second kappa shape index (κ2) is 6.84. The molecule has 17 heavy (non-hydrogen) atoms. The highest BCUT2D eigenvalue weighted by atomic mass is 15.3. The molecule has 0 aromatic carbocycles. The largest absolute Gasteiger partial charge is 0.356 e. The topological polar surface area (TPSA) is 53.6 Å². The SMILES string of the molecule is NCCCN1CCCN/C1=N\C1CCCCC1. The summed E-state index contributed by atoms with van der Waals surface area (Å²) in [4.78, 5) is 7.30.